The van der Waals surface area contributed by atoms with Crippen LogP contribution in [-0.2, 0) is 0 Å². The van der Waals surface area contributed by atoms with Gasteiger partial charge in [0.15, 0.2) is 0 Å². The smallest absolute Gasteiger partial charge is 0.0643 e. The van der Waals surface area contributed by atoms with Gasteiger partial charge in [-0.2, -0.15) is 5.26 Å². The molecule has 1 heterocycles. The minimum Gasteiger partial charge on any atom is -0.360 e. The molecule has 1 unspecified atom stereocenters. The first-order valence-corrected chi connectivity index (χ1v) is 7.84. The predicted octanol–water partition coefficient (Wildman–Crippen LogP) is 3.65. The lowest BCUT2D eigenvalue weighted by molar-refractivity contribution is 0.329. The van der Waals surface area contributed by atoms with Crippen LogP contribution in [0, 0.1) is 11.3 Å². The van der Waals surface area contributed by atoms with E-state index in [0.717, 1.165) is 24.0 Å². The first-order valence-electron chi connectivity index (χ1n) is 7.05. The Bertz CT molecular complexity index is 507. The molecule has 108 valence electrons. The highest BCUT2D eigenvalue weighted by atomic mass is 79.9. The summed E-state index contributed by atoms with van der Waals surface area (Å²) in [6, 6.07) is 10.9. The summed E-state index contributed by atoms with van der Waals surface area (Å²) in [5.41, 5.74) is 1.23. The third-order valence-corrected chi connectivity index (χ3v) is 4.75. The van der Waals surface area contributed by atoms with Crippen LogP contribution in [0.15, 0.2) is 28.7 Å². The van der Waals surface area contributed by atoms with Crippen LogP contribution >= 0.6 is 15.9 Å². The third kappa shape index (κ3) is 3.16. The summed E-state index contributed by atoms with van der Waals surface area (Å²) in [5.74, 6) is 0. The number of nitriles is 1. The van der Waals surface area contributed by atoms with E-state index in [-0.39, 0.29) is 11.6 Å². The molecule has 4 heteroatoms. The summed E-state index contributed by atoms with van der Waals surface area (Å²) in [7, 11) is 2.14. The van der Waals surface area contributed by atoms with E-state index < -0.39 is 0 Å². The van der Waals surface area contributed by atoms with Crippen LogP contribution in [0.25, 0.3) is 0 Å². The van der Waals surface area contributed by atoms with Crippen LogP contribution in [0.1, 0.15) is 26.7 Å². The fourth-order valence-corrected chi connectivity index (χ4v) is 3.52. The van der Waals surface area contributed by atoms with Crippen LogP contribution in [0.5, 0.6) is 0 Å². The predicted molar refractivity (Wildman–Crippen MR) is 86.8 cm³/mol. The fourth-order valence-electron chi connectivity index (χ4n) is 3.04. The first-order chi connectivity index (χ1) is 9.45. The van der Waals surface area contributed by atoms with Crippen molar-refractivity contribution in [3.05, 3.63) is 28.7 Å². The van der Waals surface area contributed by atoms with E-state index in [2.05, 4.69) is 70.9 Å². The topological polar surface area (TPSA) is 30.3 Å². The zero-order chi connectivity index (χ0) is 14.8. The molecule has 0 amide bonds. The van der Waals surface area contributed by atoms with Gasteiger partial charge in [-0.3, -0.25) is 0 Å². The molecule has 1 saturated heterocycles. The first kappa shape index (κ1) is 15.3. The van der Waals surface area contributed by atoms with E-state index in [1.165, 1.54) is 5.69 Å². The van der Waals surface area contributed by atoms with Crippen molar-refractivity contribution < 1.29 is 0 Å². The van der Waals surface area contributed by atoms with E-state index in [1.54, 1.807) is 0 Å². The molecule has 0 aromatic heterocycles. The quantitative estimate of drug-likeness (QED) is 0.826. The van der Waals surface area contributed by atoms with Gasteiger partial charge in [0.05, 0.1) is 24.2 Å². The maximum Gasteiger partial charge on any atom is 0.0643 e. The minimum atomic E-state index is 0.0378. The van der Waals surface area contributed by atoms with Crippen molar-refractivity contribution in [2.75, 3.05) is 25.0 Å². The zero-order valence-electron chi connectivity index (χ0n) is 12.4. The summed E-state index contributed by atoms with van der Waals surface area (Å²) < 4.78 is 1.10. The average molecular weight is 336 g/mol. The number of benzene rings is 1. The average Bonchev–Trinajstić information content (AvgIpc) is 2.49. The van der Waals surface area contributed by atoms with Crippen LogP contribution in [0.4, 0.5) is 5.69 Å². The normalized spacial score (nSPS) is 23.1. The molecule has 0 radical (unpaired) electrons. The monoisotopic (exact) mass is 335 g/mol. The molecule has 0 spiro atoms. The Hall–Kier alpha value is -1.05. The van der Waals surface area contributed by atoms with E-state index >= 15 is 0 Å². The molecule has 0 saturated carbocycles. The molecule has 20 heavy (non-hydrogen) atoms. The Kier molecular flexibility index (Phi) is 4.72. The highest BCUT2D eigenvalue weighted by Gasteiger charge is 2.36. The highest BCUT2D eigenvalue weighted by Crippen LogP contribution is 2.36. The van der Waals surface area contributed by atoms with Gasteiger partial charge >= 0.3 is 0 Å². The molecule has 1 aromatic rings. The van der Waals surface area contributed by atoms with Gasteiger partial charge in [-0.1, -0.05) is 12.1 Å². The van der Waals surface area contributed by atoms with Crippen molar-refractivity contribution in [1.82, 2.24) is 4.90 Å². The Labute approximate surface area is 130 Å². The number of hydrogen-bond acceptors (Lipinski definition) is 3. The van der Waals surface area contributed by atoms with Crippen molar-refractivity contribution in [1.29, 1.82) is 5.26 Å². The van der Waals surface area contributed by atoms with Crippen molar-refractivity contribution >= 4 is 21.6 Å². The van der Waals surface area contributed by atoms with Crippen molar-refractivity contribution in [3.63, 3.8) is 0 Å². The van der Waals surface area contributed by atoms with Crippen LogP contribution in [0.3, 0.4) is 0 Å². The molecule has 0 bridgehead atoms. The minimum absolute atomic E-state index is 0.0378. The van der Waals surface area contributed by atoms with Crippen molar-refractivity contribution in [2.45, 2.75) is 38.3 Å². The molecule has 0 N–H and O–H groups in total. The van der Waals surface area contributed by atoms with Crippen molar-refractivity contribution in [3.8, 4) is 6.07 Å². The number of anilines is 1. The second-order valence-corrected chi connectivity index (χ2v) is 7.02. The highest BCUT2D eigenvalue weighted by molar-refractivity contribution is 9.10. The van der Waals surface area contributed by atoms with Gasteiger partial charge < -0.3 is 9.80 Å². The van der Waals surface area contributed by atoms with E-state index in [4.69, 9.17) is 0 Å². The van der Waals surface area contributed by atoms with E-state index in [1.807, 2.05) is 6.07 Å². The third-order valence-electron chi connectivity index (χ3n) is 4.08. The van der Waals surface area contributed by atoms with Crippen LogP contribution < -0.4 is 4.90 Å². The number of rotatable bonds is 2. The van der Waals surface area contributed by atoms with E-state index in [9.17, 15) is 5.26 Å². The zero-order valence-corrected chi connectivity index (χ0v) is 14.0. The molecule has 1 aromatic carbocycles. The lowest BCUT2D eigenvalue weighted by Crippen LogP contribution is -2.51. The van der Waals surface area contributed by atoms with Crippen LogP contribution in [0.2, 0.25) is 0 Å². The van der Waals surface area contributed by atoms with Crippen molar-refractivity contribution in [2.24, 2.45) is 0 Å². The SMILES string of the molecule is CN1CCC(C)(C)N(c2ccccc2Br)C(CC#N)C1. The van der Waals surface area contributed by atoms with Gasteiger partial charge in [0.25, 0.3) is 0 Å². The summed E-state index contributed by atoms with van der Waals surface area (Å²) in [6.07, 6.45) is 1.64. The maximum atomic E-state index is 9.19. The number of nitrogens with zero attached hydrogens (tertiary/aromatic N) is 3. The van der Waals surface area contributed by atoms with Crippen LogP contribution in [-0.4, -0.2) is 36.6 Å². The van der Waals surface area contributed by atoms with Gasteiger partial charge in [0.1, 0.15) is 0 Å². The lowest BCUT2D eigenvalue weighted by atomic mass is 9.95. The Morgan fingerprint density at radius 3 is 2.75 bits per heavy atom. The second-order valence-electron chi connectivity index (χ2n) is 6.16. The molecular weight excluding hydrogens is 314 g/mol. The Balaban J connectivity index is 2.47. The fraction of sp³-hybridized carbons (Fsp3) is 0.562. The summed E-state index contributed by atoms with van der Waals surface area (Å²) in [5, 5.41) is 9.19. The molecule has 1 aliphatic rings. The van der Waals surface area contributed by atoms with Gasteiger partial charge in [0, 0.05) is 23.1 Å². The molecule has 3 nitrogen and oxygen atoms in total. The summed E-state index contributed by atoms with van der Waals surface area (Å²) in [6.45, 7) is 6.54. The molecule has 1 fully saturated rings. The molecule has 1 atom stereocenters. The summed E-state index contributed by atoms with van der Waals surface area (Å²) >= 11 is 3.66. The number of para-hydroxylation sites is 1. The molecular formula is C16H22BrN3. The van der Waals surface area contributed by atoms with Gasteiger partial charge in [-0.05, 0) is 55.4 Å². The maximum absolute atomic E-state index is 9.19. The van der Waals surface area contributed by atoms with Gasteiger partial charge in [-0.15, -0.1) is 0 Å². The number of halogens is 1. The Morgan fingerprint density at radius 2 is 2.10 bits per heavy atom. The molecule has 1 aliphatic heterocycles. The summed E-state index contributed by atoms with van der Waals surface area (Å²) in [4.78, 5) is 4.77. The largest absolute Gasteiger partial charge is 0.360 e. The van der Waals surface area contributed by atoms with E-state index in [0.29, 0.717) is 6.42 Å². The number of hydrogen-bond donors (Lipinski definition) is 0. The molecule has 0 aliphatic carbocycles. The van der Waals surface area contributed by atoms with Gasteiger partial charge in [-0.25, -0.2) is 0 Å². The van der Waals surface area contributed by atoms with Gasteiger partial charge in [0.2, 0.25) is 0 Å². The Morgan fingerprint density at radius 1 is 1.40 bits per heavy atom. The standard InChI is InChI=1S/C16H22BrN3/c1-16(2)9-11-19(3)12-13(8-10-18)20(16)15-7-5-4-6-14(15)17/h4-7,13H,8-9,11-12H2,1-3H3. The lowest BCUT2D eigenvalue weighted by Gasteiger charge is -2.43. The second kappa shape index (κ2) is 6.15. The molecule has 2 rings (SSSR count). The number of likely N-dealkylation sites (N-methyl/N-ethyl adjacent to an activating group) is 1.